The Morgan fingerprint density at radius 1 is 0.958 bits per heavy atom. The number of carbonyl (C=O) groups is 2. The zero-order valence-corrected chi connectivity index (χ0v) is 27.7. The highest BCUT2D eigenvalue weighted by Crippen LogP contribution is 2.57. The molecule has 3 aliphatic rings. The molecule has 0 aliphatic carbocycles. The van der Waals surface area contributed by atoms with Gasteiger partial charge >= 0.3 is 5.97 Å². The van der Waals surface area contributed by atoms with Crippen molar-refractivity contribution in [1.82, 2.24) is 14.8 Å². The van der Waals surface area contributed by atoms with Crippen LogP contribution in [0.2, 0.25) is 0 Å². The average Bonchev–Trinajstić information content (AvgIpc) is 3.45. The van der Waals surface area contributed by atoms with Crippen LogP contribution in [-0.4, -0.2) is 104 Å². The first-order valence-corrected chi connectivity index (χ1v) is 17.1. The first kappa shape index (κ1) is 34.1. The molecule has 0 radical (unpaired) electrons. The molecule has 4 heterocycles. The highest BCUT2D eigenvalue weighted by molar-refractivity contribution is 6.17. The largest absolute Gasteiger partial charge is 0.508 e. The number of aromatic nitrogens is 1. The topological polar surface area (TPSA) is 132 Å². The summed E-state index contributed by atoms with van der Waals surface area (Å²) in [5.74, 6) is -0.747. The summed E-state index contributed by atoms with van der Waals surface area (Å²) in [6.45, 7) is 6.22. The maximum absolute atomic E-state index is 14.4. The second kappa shape index (κ2) is 15.7. The SMILES string of the molecule is CC[C@@]12C=C(C(=O)N[C@@H](Cc3ccc(O)cc3)C(=O)OCCOCCOCCOCCO)n3c4c(c5ccccc53)CCN(CCC1)[C@H]42. The second-order valence-corrected chi connectivity index (χ2v) is 12.7. The van der Waals surface area contributed by atoms with E-state index < -0.39 is 12.0 Å². The van der Waals surface area contributed by atoms with Crippen molar-refractivity contribution in [1.29, 1.82) is 0 Å². The number of benzene rings is 2. The maximum atomic E-state index is 14.4. The number of amides is 1. The number of fused-ring (bicyclic) bond motifs is 3. The number of piperidine rings is 1. The first-order chi connectivity index (χ1) is 23.5. The van der Waals surface area contributed by atoms with Gasteiger partial charge in [-0.25, -0.2) is 4.79 Å². The van der Waals surface area contributed by atoms with Crippen LogP contribution < -0.4 is 5.32 Å². The molecular weight excluding hydrogens is 614 g/mol. The molecule has 1 aromatic heterocycles. The predicted octanol–water partition coefficient (Wildman–Crippen LogP) is 3.60. The number of aliphatic hydroxyl groups excluding tert-OH is 1. The Labute approximate surface area is 281 Å². The summed E-state index contributed by atoms with van der Waals surface area (Å²) < 4.78 is 23.9. The van der Waals surface area contributed by atoms with E-state index in [4.69, 9.17) is 24.1 Å². The van der Waals surface area contributed by atoms with Gasteiger partial charge in [0.05, 0.1) is 57.8 Å². The standard InChI is InChI=1S/C37H47N3O8/c1-2-37-13-5-14-39-15-12-29-28-6-3-4-7-31(28)40(33(29)34(37)39)32(25-37)35(43)38-30(24-26-8-10-27(42)11-9-26)36(44)48-23-22-47-21-20-46-19-18-45-17-16-41/h3-4,6-11,25,30,34,41-42H,2,5,12-24H2,1H3,(H,38,43)/t30-,34+,37-/m0/s1. The van der Waals surface area contributed by atoms with Crippen molar-refractivity contribution >= 4 is 28.5 Å². The number of phenolic OH excluding ortho intramolecular Hbond substituents is 1. The zero-order chi connectivity index (χ0) is 33.5. The van der Waals surface area contributed by atoms with Gasteiger partial charge in [-0.3, -0.25) is 9.69 Å². The summed E-state index contributed by atoms with van der Waals surface area (Å²) >= 11 is 0. The summed E-state index contributed by atoms with van der Waals surface area (Å²) in [7, 11) is 0. The maximum Gasteiger partial charge on any atom is 0.329 e. The van der Waals surface area contributed by atoms with Crippen LogP contribution in [0.3, 0.4) is 0 Å². The van der Waals surface area contributed by atoms with Crippen molar-refractivity contribution in [3.05, 3.63) is 71.4 Å². The van der Waals surface area contributed by atoms with E-state index in [0.717, 1.165) is 49.9 Å². The molecule has 0 spiro atoms. The fourth-order valence-corrected chi connectivity index (χ4v) is 7.65. The van der Waals surface area contributed by atoms with Crippen molar-refractivity contribution in [3.63, 3.8) is 0 Å². The molecule has 258 valence electrons. The summed E-state index contributed by atoms with van der Waals surface area (Å²) in [6.07, 6.45) is 6.32. The van der Waals surface area contributed by atoms with Gasteiger partial charge in [-0.2, -0.15) is 0 Å². The normalized spacial score (nSPS) is 20.6. The molecule has 6 rings (SSSR count). The van der Waals surface area contributed by atoms with Crippen molar-refractivity contribution in [2.24, 2.45) is 5.41 Å². The van der Waals surface area contributed by atoms with E-state index in [-0.39, 0.29) is 56.0 Å². The fourth-order valence-electron chi connectivity index (χ4n) is 7.65. The van der Waals surface area contributed by atoms with Crippen molar-refractivity contribution in [2.75, 3.05) is 65.9 Å². The lowest BCUT2D eigenvalue weighted by Crippen LogP contribution is -2.52. The summed E-state index contributed by atoms with van der Waals surface area (Å²) in [5, 5.41) is 22.8. The number of aliphatic hydroxyl groups is 1. The molecule has 0 bridgehead atoms. The van der Waals surface area contributed by atoms with Gasteiger partial charge < -0.3 is 39.0 Å². The molecule has 2 aromatic carbocycles. The Bertz CT molecular complexity index is 1600. The number of nitrogens with one attached hydrogen (secondary N) is 1. The molecule has 11 nitrogen and oxygen atoms in total. The summed E-state index contributed by atoms with van der Waals surface area (Å²) in [6, 6.07) is 14.2. The van der Waals surface area contributed by atoms with Gasteiger partial charge in [-0.05, 0) is 67.6 Å². The molecule has 1 saturated heterocycles. The smallest absolute Gasteiger partial charge is 0.329 e. The highest BCUT2D eigenvalue weighted by Gasteiger charge is 2.51. The Morgan fingerprint density at radius 3 is 2.40 bits per heavy atom. The van der Waals surface area contributed by atoms with Gasteiger partial charge in [0.25, 0.3) is 5.91 Å². The van der Waals surface area contributed by atoms with Crippen LogP contribution in [0.4, 0.5) is 0 Å². The number of carbonyl (C=O) groups excluding carboxylic acids is 2. The van der Waals surface area contributed by atoms with E-state index in [2.05, 4.69) is 46.0 Å². The van der Waals surface area contributed by atoms with Crippen LogP contribution in [0.15, 0.2) is 54.6 Å². The van der Waals surface area contributed by atoms with Crippen LogP contribution in [0.1, 0.15) is 49.0 Å². The number of para-hydroxylation sites is 1. The van der Waals surface area contributed by atoms with Gasteiger partial charge in [0.15, 0.2) is 0 Å². The van der Waals surface area contributed by atoms with Crippen LogP contribution in [0, 0.1) is 5.41 Å². The van der Waals surface area contributed by atoms with E-state index in [1.54, 1.807) is 24.3 Å². The minimum atomic E-state index is -0.957. The van der Waals surface area contributed by atoms with Crippen molar-refractivity contribution in [3.8, 4) is 5.75 Å². The lowest BCUT2D eigenvalue weighted by atomic mass is 9.66. The fraction of sp³-hybridized carbons (Fsp3) is 0.514. The van der Waals surface area contributed by atoms with Crippen LogP contribution in [0.25, 0.3) is 16.6 Å². The number of phenols is 1. The van der Waals surface area contributed by atoms with Crippen LogP contribution in [0.5, 0.6) is 5.75 Å². The number of hydrogen-bond donors (Lipinski definition) is 3. The monoisotopic (exact) mass is 661 g/mol. The van der Waals surface area contributed by atoms with E-state index in [0.29, 0.717) is 32.1 Å². The Kier molecular flexibility index (Phi) is 11.1. The van der Waals surface area contributed by atoms with Gasteiger partial charge in [0.1, 0.15) is 24.1 Å². The van der Waals surface area contributed by atoms with Crippen LogP contribution >= 0.6 is 0 Å². The Balaban J connectivity index is 1.18. The minimum absolute atomic E-state index is 0.0231. The van der Waals surface area contributed by atoms with Gasteiger partial charge in [0, 0.05) is 29.5 Å². The molecule has 48 heavy (non-hydrogen) atoms. The lowest BCUT2D eigenvalue weighted by Gasteiger charge is -2.53. The van der Waals surface area contributed by atoms with E-state index in [1.165, 1.54) is 16.6 Å². The number of rotatable bonds is 17. The van der Waals surface area contributed by atoms with E-state index >= 15 is 0 Å². The van der Waals surface area contributed by atoms with Crippen LogP contribution in [-0.2, 0) is 41.4 Å². The molecule has 3 N–H and O–H groups in total. The molecule has 3 atom stereocenters. The molecule has 3 aromatic rings. The number of esters is 1. The van der Waals surface area contributed by atoms with Gasteiger partial charge in [0.2, 0.25) is 0 Å². The molecular formula is C37H47N3O8. The number of nitrogens with zero attached hydrogens (tertiary/aromatic N) is 2. The lowest BCUT2D eigenvalue weighted by molar-refractivity contribution is -0.149. The van der Waals surface area contributed by atoms with Crippen molar-refractivity contribution in [2.45, 2.75) is 51.1 Å². The molecule has 11 heteroatoms. The average molecular weight is 662 g/mol. The quantitative estimate of drug-likeness (QED) is 0.147. The van der Waals surface area contributed by atoms with Crippen molar-refractivity contribution < 1.29 is 38.7 Å². The molecule has 3 aliphatic heterocycles. The number of aromatic hydroxyl groups is 1. The van der Waals surface area contributed by atoms with E-state index in [1.807, 2.05) is 6.07 Å². The van der Waals surface area contributed by atoms with E-state index in [9.17, 15) is 14.7 Å². The molecule has 0 unspecified atom stereocenters. The highest BCUT2D eigenvalue weighted by atomic mass is 16.6. The third-order valence-electron chi connectivity index (χ3n) is 9.90. The summed E-state index contributed by atoms with van der Waals surface area (Å²) in [5.41, 5.74) is 4.71. The number of ether oxygens (including phenoxy) is 4. The minimum Gasteiger partial charge on any atom is -0.508 e. The molecule has 1 fully saturated rings. The molecule has 1 amide bonds. The Hall–Kier alpha value is -3.74. The van der Waals surface area contributed by atoms with Gasteiger partial charge in [-0.15, -0.1) is 0 Å². The second-order valence-electron chi connectivity index (χ2n) is 12.7. The Morgan fingerprint density at radius 2 is 1.67 bits per heavy atom. The summed E-state index contributed by atoms with van der Waals surface area (Å²) in [4.78, 5) is 30.6. The van der Waals surface area contributed by atoms with Gasteiger partial charge in [-0.1, -0.05) is 37.3 Å². The molecule has 0 saturated carbocycles. The first-order valence-electron chi connectivity index (χ1n) is 17.1. The third kappa shape index (κ3) is 7.16. The zero-order valence-electron chi connectivity index (χ0n) is 27.7. The number of hydrogen-bond acceptors (Lipinski definition) is 9. The third-order valence-corrected chi connectivity index (χ3v) is 9.90. The predicted molar refractivity (Wildman–Crippen MR) is 180 cm³/mol.